The van der Waals surface area contributed by atoms with Gasteiger partial charge in [-0.1, -0.05) is 6.07 Å². The van der Waals surface area contributed by atoms with Crippen LogP contribution in [0.2, 0.25) is 0 Å². The van der Waals surface area contributed by atoms with E-state index in [2.05, 4.69) is 16.3 Å². The summed E-state index contributed by atoms with van der Waals surface area (Å²) in [6.45, 7) is 4.22. The Hall–Kier alpha value is -1.26. The van der Waals surface area contributed by atoms with Crippen molar-refractivity contribution in [3.8, 4) is 5.75 Å². The standard InChI is InChI=1S/C15H24N2O2/c1-11(16-2)14-4-3-13(9-15(14)19)17-7-5-12(10-18)6-8-17/h3-4,9,11-12,16,18-19H,5-8,10H2,1-2H3. The van der Waals surface area contributed by atoms with Crippen molar-refractivity contribution in [3.05, 3.63) is 23.8 Å². The Labute approximate surface area is 115 Å². The molecule has 0 spiro atoms. The molecule has 1 fully saturated rings. The van der Waals surface area contributed by atoms with Crippen molar-refractivity contribution in [2.24, 2.45) is 5.92 Å². The summed E-state index contributed by atoms with van der Waals surface area (Å²) in [4.78, 5) is 2.28. The molecule has 3 N–H and O–H groups in total. The molecule has 1 saturated heterocycles. The van der Waals surface area contributed by atoms with Crippen LogP contribution in [0.15, 0.2) is 18.2 Å². The average Bonchev–Trinajstić information content (AvgIpc) is 2.46. The van der Waals surface area contributed by atoms with Crippen LogP contribution in [0.1, 0.15) is 31.4 Å². The lowest BCUT2D eigenvalue weighted by molar-refractivity contribution is 0.203. The van der Waals surface area contributed by atoms with E-state index in [9.17, 15) is 5.11 Å². The second-order valence-electron chi connectivity index (χ2n) is 5.37. The maximum Gasteiger partial charge on any atom is 0.122 e. The fourth-order valence-corrected chi connectivity index (χ4v) is 2.62. The highest BCUT2D eigenvalue weighted by Crippen LogP contribution is 2.30. The lowest BCUT2D eigenvalue weighted by atomic mass is 9.97. The molecular formula is C15H24N2O2. The number of phenols is 1. The summed E-state index contributed by atoms with van der Waals surface area (Å²) in [5.41, 5.74) is 2.00. The zero-order chi connectivity index (χ0) is 13.8. The molecule has 0 amide bonds. The summed E-state index contributed by atoms with van der Waals surface area (Å²) < 4.78 is 0. The third-order valence-corrected chi connectivity index (χ3v) is 4.15. The van der Waals surface area contributed by atoms with Gasteiger partial charge < -0.3 is 20.4 Å². The summed E-state index contributed by atoms with van der Waals surface area (Å²) in [5.74, 6) is 0.789. The van der Waals surface area contributed by atoms with Gasteiger partial charge in [-0.25, -0.2) is 0 Å². The zero-order valence-electron chi connectivity index (χ0n) is 11.8. The molecule has 1 unspecified atom stereocenters. The van der Waals surface area contributed by atoms with Gasteiger partial charge in [0.2, 0.25) is 0 Å². The molecule has 1 aromatic carbocycles. The summed E-state index contributed by atoms with van der Waals surface area (Å²) in [6.07, 6.45) is 2.04. The summed E-state index contributed by atoms with van der Waals surface area (Å²) in [6, 6.07) is 6.06. The molecule has 0 aliphatic carbocycles. The molecule has 19 heavy (non-hydrogen) atoms. The number of aliphatic hydroxyl groups excluding tert-OH is 1. The maximum absolute atomic E-state index is 10.1. The zero-order valence-corrected chi connectivity index (χ0v) is 11.8. The fraction of sp³-hybridized carbons (Fsp3) is 0.600. The van der Waals surface area contributed by atoms with E-state index in [1.807, 2.05) is 26.1 Å². The number of hydrogen-bond donors (Lipinski definition) is 3. The van der Waals surface area contributed by atoms with Crippen molar-refractivity contribution in [2.75, 3.05) is 31.6 Å². The van der Waals surface area contributed by atoms with E-state index >= 15 is 0 Å². The van der Waals surface area contributed by atoms with E-state index in [0.717, 1.165) is 37.2 Å². The molecule has 4 heteroatoms. The molecule has 1 aromatic rings. The Morgan fingerprint density at radius 2 is 2.05 bits per heavy atom. The molecular weight excluding hydrogens is 240 g/mol. The van der Waals surface area contributed by atoms with Crippen LogP contribution >= 0.6 is 0 Å². The summed E-state index contributed by atoms with van der Waals surface area (Å²) in [7, 11) is 1.89. The number of phenolic OH excluding ortho intramolecular Hbond substituents is 1. The Kier molecular flexibility index (Phi) is 4.66. The Morgan fingerprint density at radius 3 is 2.58 bits per heavy atom. The third-order valence-electron chi connectivity index (χ3n) is 4.15. The van der Waals surface area contributed by atoms with Gasteiger partial charge in [0.1, 0.15) is 5.75 Å². The van der Waals surface area contributed by atoms with Crippen LogP contribution in [-0.4, -0.2) is 37.0 Å². The maximum atomic E-state index is 10.1. The number of hydrogen-bond acceptors (Lipinski definition) is 4. The molecule has 1 heterocycles. The first-order valence-corrected chi connectivity index (χ1v) is 7.01. The van der Waals surface area contributed by atoms with Gasteiger partial charge in [0.25, 0.3) is 0 Å². The number of anilines is 1. The average molecular weight is 264 g/mol. The van der Waals surface area contributed by atoms with E-state index in [0.29, 0.717) is 11.7 Å². The van der Waals surface area contributed by atoms with Crippen LogP contribution in [0, 0.1) is 5.92 Å². The largest absolute Gasteiger partial charge is 0.508 e. The predicted octanol–water partition coefficient (Wildman–Crippen LogP) is 1.88. The van der Waals surface area contributed by atoms with E-state index < -0.39 is 0 Å². The molecule has 2 rings (SSSR count). The molecule has 0 bridgehead atoms. The van der Waals surface area contributed by atoms with Crippen LogP contribution in [0.5, 0.6) is 5.75 Å². The molecule has 1 aliphatic heterocycles. The second kappa shape index (κ2) is 6.26. The first-order chi connectivity index (χ1) is 9.15. The van der Waals surface area contributed by atoms with Crippen molar-refractivity contribution in [1.82, 2.24) is 5.32 Å². The summed E-state index contributed by atoms with van der Waals surface area (Å²) >= 11 is 0. The number of aliphatic hydroxyl groups is 1. The number of rotatable bonds is 4. The van der Waals surface area contributed by atoms with Gasteiger partial charge in [0.05, 0.1) is 0 Å². The fourth-order valence-electron chi connectivity index (χ4n) is 2.62. The number of nitrogens with one attached hydrogen (secondary N) is 1. The van der Waals surface area contributed by atoms with Crippen molar-refractivity contribution >= 4 is 5.69 Å². The Morgan fingerprint density at radius 1 is 1.37 bits per heavy atom. The van der Waals surface area contributed by atoms with Crippen molar-refractivity contribution in [2.45, 2.75) is 25.8 Å². The first kappa shape index (κ1) is 14.2. The minimum absolute atomic E-state index is 0.147. The van der Waals surface area contributed by atoms with Gasteiger partial charge in [-0.15, -0.1) is 0 Å². The number of benzene rings is 1. The van der Waals surface area contributed by atoms with Gasteiger partial charge in [0, 0.05) is 43.1 Å². The van der Waals surface area contributed by atoms with Crippen LogP contribution in [0.4, 0.5) is 5.69 Å². The molecule has 1 atom stereocenters. The van der Waals surface area contributed by atoms with E-state index in [4.69, 9.17) is 5.11 Å². The molecule has 1 aliphatic rings. The van der Waals surface area contributed by atoms with Crippen molar-refractivity contribution in [3.63, 3.8) is 0 Å². The topological polar surface area (TPSA) is 55.7 Å². The molecule has 106 valence electrons. The minimum atomic E-state index is 0.147. The van der Waals surface area contributed by atoms with E-state index in [1.165, 1.54) is 0 Å². The molecule has 0 radical (unpaired) electrons. The molecule has 0 aromatic heterocycles. The van der Waals surface area contributed by atoms with Crippen molar-refractivity contribution < 1.29 is 10.2 Å². The molecule has 0 saturated carbocycles. The predicted molar refractivity (Wildman–Crippen MR) is 77.6 cm³/mol. The van der Waals surface area contributed by atoms with Gasteiger partial charge in [-0.05, 0) is 38.8 Å². The first-order valence-electron chi connectivity index (χ1n) is 7.01. The van der Waals surface area contributed by atoms with E-state index in [-0.39, 0.29) is 12.6 Å². The van der Waals surface area contributed by atoms with Crippen LogP contribution in [-0.2, 0) is 0 Å². The number of aromatic hydroxyl groups is 1. The minimum Gasteiger partial charge on any atom is -0.508 e. The molecule has 4 nitrogen and oxygen atoms in total. The van der Waals surface area contributed by atoms with Gasteiger partial charge >= 0.3 is 0 Å². The normalized spacial score (nSPS) is 18.6. The van der Waals surface area contributed by atoms with Gasteiger partial charge in [-0.2, -0.15) is 0 Å². The lowest BCUT2D eigenvalue weighted by Crippen LogP contribution is -2.34. The third kappa shape index (κ3) is 3.19. The SMILES string of the molecule is CNC(C)c1ccc(N2CCC(CO)CC2)cc1O. The Bertz CT molecular complexity index is 415. The highest BCUT2D eigenvalue weighted by molar-refractivity contribution is 5.54. The van der Waals surface area contributed by atoms with Crippen LogP contribution in [0.25, 0.3) is 0 Å². The highest BCUT2D eigenvalue weighted by Gasteiger charge is 2.19. The highest BCUT2D eigenvalue weighted by atomic mass is 16.3. The monoisotopic (exact) mass is 264 g/mol. The van der Waals surface area contributed by atoms with Gasteiger partial charge in [0.15, 0.2) is 0 Å². The quantitative estimate of drug-likeness (QED) is 0.777. The van der Waals surface area contributed by atoms with Crippen molar-refractivity contribution in [1.29, 1.82) is 0 Å². The van der Waals surface area contributed by atoms with Crippen LogP contribution < -0.4 is 10.2 Å². The van der Waals surface area contributed by atoms with Crippen LogP contribution in [0.3, 0.4) is 0 Å². The van der Waals surface area contributed by atoms with Gasteiger partial charge in [-0.3, -0.25) is 0 Å². The number of nitrogens with zero attached hydrogens (tertiary/aromatic N) is 1. The Balaban J connectivity index is 2.08. The number of piperidine rings is 1. The summed E-state index contributed by atoms with van der Waals surface area (Å²) in [5, 5.41) is 22.4. The second-order valence-corrected chi connectivity index (χ2v) is 5.37. The lowest BCUT2D eigenvalue weighted by Gasteiger charge is -2.33. The van der Waals surface area contributed by atoms with E-state index in [1.54, 1.807) is 0 Å². The smallest absolute Gasteiger partial charge is 0.122 e.